The molecule has 0 spiro atoms. The second kappa shape index (κ2) is 10.5. The maximum atomic E-state index is 12.3. The molecule has 0 radical (unpaired) electrons. The number of halogens is 1. The number of rotatable bonds is 8. The van der Waals surface area contributed by atoms with Crippen molar-refractivity contribution in [3.63, 3.8) is 0 Å². The third-order valence-corrected chi connectivity index (χ3v) is 4.45. The molecule has 0 saturated heterocycles. The maximum absolute atomic E-state index is 12.3. The van der Waals surface area contributed by atoms with Gasteiger partial charge in [0.1, 0.15) is 6.04 Å². The number of hydrogen-bond acceptors (Lipinski definition) is 5. The Balaban J connectivity index is 2.00. The number of methoxy groups -OCH3 is 1. The molecule has 0 fully saturated rings. The third kappa shape index (κ3) is 5.56. The smallest absolute Gasteiger partial charge is 0.262 e. The molecule has 2 aromatic rings. The summed E-state index contributed by atoms with van der Waals surface area (Å²) in [6, 6.07) is 11.6. The molecule has 0 aliphatic rings. The number of hydrogen-bond donors (Lipinski definition) is 2. The van der Waals surface area contributed by atoms with Gasteiger partial charge < -0.3 is 14.8 Å². The monoisotopic (exact) mass is 447 g/mol. The standard InChI is InChI=1S/C20H22BrN3O4/c1-4-28-18-14(8-7-11-17(18)27-3)12-22-24-19(25)13(2)23-20(26)15-9-5-6-10-16(15)21/h5-13H,4H2,1-3H3,(H,23,26)(H,24,25). The highest BCUT2D eigenvalue weighted by Crippen LogP contribution is 2.29. The van der Waals surface area contributed by atoms with Gasteiger partial charge >= 0.3 is 0 Å². The van der Waals surface area contributed by atoms with Gasteiger partial charge in [-0.15, -0.1) is 0 Å². The van der Waals surface area contributed by atoms with Gasteiger partial charge in [-0.25, -0.2) is 5.43 Å². The lowest BCUT2D eigenvalue weighted by Gasteiger charge is -2.13. The predicted molar refractivity (Wildman–Crippen MR) is 111 cm³/mol. The lowest BCUT2D eigenvalue weighted by molar-refractivity contribution is -0.122. The molecule has 2 aromatic carbocycles. The minimum Gasteiger partial charge on any atom is -0.493 e. The van der Waals surface area contributed by atoms with Crippen molar-refractivity contribution in [2.75, 3.05) is 13.7 Å². The third-order valence-electron chi connectivity index (χ3n) is 3.76. The molecule has 2 amide bonds. The largest absolute Gasteiger partial charge is 0.493 e. The lowest BCUT2D eigenvalue weighted by Crippen LogP contribution is -2.43. The molecule has 0 aliphatic carbocycles. The van der Waals surface area contributed by atoms with Crippen molar-refractivity contribution in [2.45, 2.75) is 19.9 Å². The van der Waals surface area contributed by atoms with Gasteiger partial charge in [0.2, 0.25) is 0 Å². The first-order chi connectivity index (χ1) is 13.5. The molecule has 0 bridgehead atoms. The molecule has 148 valence electrons. The summed E-state index contributed by atoms with van der Waals surface area (Å²) >= 11 is 3.32. The van der Waals surface area contributed by atoms with Crippen LogP contribution in [0.25, 0.3) is 0 Å². The van der Waals surface area contributed by atoms with Gasteiger partial charge in [0.25, 0.3) is 11.8 Å². The fourth-order valence-corrected chi connectivity index (χ4v) is 2.81. The highest BCUT2D eigenvalue weighted by atomic mass is 79.9. The molecule has 0 heterocycles. The number of nitrogens with zero attached hydrogens (tertiary/aromatic N) is 1. The molecule has 0 aromatic heterocycles. The van der Waals surface area contributed by atoms with Crippen molar-refractivity contribution in [3.8, 4) is 11.5 Å². The summed E-state index contributed by atoms with van der Waals surface area (Å²) < 4.78 is 11.5. The maximum Gasteiger partial charge on any atom is 0.262 e. The summed E-state index contributed by atoms with van der Waals surface area (Å²) in [5.74, 6) is 0.315. The molecule has 2 N–H and O–H groups in total. The van der Waals surface area contributed by atoms with Gasteiger partial charge in [0, 0.05) is 10.0 Å². The second-order valence-electron chi connectivity index (χ2n) is 5.72. The molecule has 7 nitrogen and oxygen atoms in total. The molecule has 1 atom stereocenters. The Bertz CT molecular complexity index is 870. The first-order valence-electron chi connectivity index (χ1n) is 8.66. The minimum atomic E-state index is -0.770. The summed E-state index contributed by atoms with van der Waals surface area (Å²) in [5, 5.41) is 6.59. The van der Waals surface area contributed by atoms with Crippen molar-refractivity contribution in [2.24, 2.45) is 5.10 Å². The van der Waals surface area contributed by atoms with Gasteiger partial charge in [0.15, 0.2) is 11.5 Å². The summed E-state index contributed by atoms with van der Waals surface area (Å²) in [6.45, 7) is 3.91. The highest BCUT2D eigenvalue weighted by molar-refractivity contribution is 9.10. The van der Waals surface area contributed by atoms with Crippen LogP contribution >= 0.6 is 15.9 Å². The van der Waals surface area contributed by atoms with E-state index in [1.165, 1.54) is 6.21 Å². The highest BCUT2D eigenvalue weighted by Gasteiger charge is 2.17. The molecule has 1 unspecified atom stereocenters. The van der Waals surface area contributed by atoms with E-state index in [4.69, 9.17) is 9.47 Å². The minimum absolute atomic E-state index is 0.356. The molecular weight excluding hydrogens is 426 g/mol. The van der Waals surface area contributed by atoms with E-state index in [-0.39, 0.29) is 5.91 Å². The van der Waals surface area contributed by atoms with E-state index < -0.39 is 11.9 Å². The van der Waals surface area contributed by atoms with Crippen LogP contribution in [0, 0.1) is 0 Å². The number of carbonyl (C=O) groups excluding carboxylic acids is 2. The van der Waals surface area contributed by atoms with Gasteiger partial charge in [0.05, 0.1) is 25.5 Å². The molecule has 0 aliphatic heterocycles. The Hall–Kier alpha value is -2.87. The summed E-state index contributed by atoms with van der Waals surface area (Å²) in [5.41, 5.74) is 3.52. The van der Waals surface area contributed by atoms with Crippen molar-refractivity contribution < 1.29 is 19.1 Å². The molecule has 8 heteroatoms. The summed E-state index contributed by atoms with van der Waals surface area (Å²) in [7, 11) is 1.55. The topological polar surface area (TPSA) is 89.0 Å². The average Bonchev–Trinajstić information content (AvgIpc) is 2.69. The van der Waals surface area contributed by atoms with Crippen LogP contribution in [-0.4, -0.2) is 37.8 Å². The van der Waals surface area contributed by atoms with E-state index in [0.717, 1.165) is 0 Å². The number of benzene rings is 2. The van der Waals surface area contributed by atoms with E-state index >= 15 is 0 Å². The van der Waals surface area contributed by atoms with E-state index in [9.17, 15) is 9.59 Å². The number of nitrogens with one attached hydrogen (secondary N) is 2. The van der Waals surface area contributed by atoms with Gasteiger partial charge in [-0.05, 0) is 54.0 Å². The van der Waals surface area contributed by atoms with Crippen LogP contribution in [0.5, 0.6) is 11.5 Å². The van der Waals surface area contributed by atoms with Gasteiger partial charge in [-0.2, -0.15) is 5.10 Å². The fourth-order valence-electron chi connectivity index (χ4n) is 2.34. The second-order valence-corrected chi connectivity index (χ2v) is 6.58. The first kappa shape index (κ1) is 21.4. The number of carbonyl (C=O) groups is 2. The Morgan fingerprint density at radius 3 is 2.64 bits per heavy atom. The number of para-hydroxylation sites is 1. The summed E-state index contributed by atoms with van der Waals surface area (Å²) in [4.78, 5) is 24.5. The molecule has 2 rings (SSSR count). The predicted octanol–water partition coefficient (Wildman–Crippen LogP) is 3.13. The van der Waals surface area contributed by atoms with Crippen molar-refractivity contribution in [1.29, 1.82) is 0 Å². The lowest BCUT2D eigenvalue weighted by atomic mass is 10.2. The number of amides is 2. The normalized spacial score (nSPS) is 11.7. The zero-order valence-corrected chi connectivity index (χ0v) is 17.4. The molecule has 28 heavy (non-hydrogen) atoms. The number of hydrazone groups is 1. The average molecular weight is 448 g/mol. The Labute approximate surface area is 172 Å². The van der Waals surface area contributed by atoms with E-state index in [0.29, 0.717) is 33.7 Å². The molecule has 0 saturated carbocycles. The SMILES string of the molecule is CCOc1c(C=NNC(=O)C(C)NC(=O)c2ccccc2Br)cccc1OC. The van der Waals surface area contributed by atoms with E-state index in [1.807, 2.05) is 6.92 Å². The Morgan fingerprint density at radius 1 is 1.21 bits per heavy atom. The van der Waals surface area contributed by atoms with Crippen molar-refractivity contribution in [3.05, 3.63) is 58.1 Å². The summed E-state index contributed by atoms with van der Waals surface area (Å²) in [6.07, 6.45) is 1.47. The van der Waals surface area contributed by atoms with Gasteiger partial charge in [-0.3, -0.25) is 9.59 Å². The van der Waals surface area contributed by atoms with Crippen LogP contribution in [0.4, 0.5) is 0 Å². The quantitative estimate of drug-likeness (QED) is 0.480. The van der Waals surface area contributed by atoms with Crippen molar-refractivity contribution in [1.82, 2.24) is 10.7 Å². The van der Waals surface area contributed by atoms with Crippen LogP contribution in [0.3, 0.4) is 0 Å². The Morgan fingerprint density at radius 2 is 1.96 bits per heavy atom. The van der Waals surface area contributed by atoms with E-state index in [1.54, 1.807) is 56.5 Å². The van der Waals surface area contributed by atoms with Crippen LogP contribution in [0.2, 0.25) is 0 Å². The van der Waals surface area contributed by atoms with Crippen molar-refractivity contribution >= 4 is 34.0 Å². The Kier molecular flexibility index (Phi) is 8.01. The van der Waals surface area contributed by atoms with Crippen LogP contribution < -0.4 is 20.2 Å². The fraction of sp³-hybridized carbons (Fsp3) is 0.250. The van der Waals surface area contributed by atoms with Crippen LogP contribution in [-0.2, 0) is 4.79 Å². The van der Waals surface area contributed by atoms with E-state index in [2.05, 4.69) is 31.8 Å². The zero-order valence-electron chi connectivity index (χ0n) is 15.9. The number of ether oxygens (including phenoxy) is 2. The van der Waals surface area contributed by atoms with Crippen LogP contribution in [0.1, 0.15) is 29.8 Å². The first-order valence-corrected chi connectivity index (χ1v) is 9.45. The van der Waals surface area contributed by atoms with Gasteiger partial charge in [-0.1, -0.05) is 18.2 Å². The van der Waals surface area contributed by atoms with Crippen LogP contribution in [0.15, 0.2) is 52.0 Å². The zero-order chi connectivity index (χ0) is 20.5. The molecular formula is C20H22BrN3O4.